The Morgan fingerprint density at radius 2 is 2.06 bits per heavy atom. The number of rotatable bonds is 8. The van der Waals surface area contributed by atoms with Gasteiger partial charge in [-0.3, -0.25) is 16.3 Å². The van der Waals surface area contributed by atoms with Crippen molar-refractivity contribution in [2.75, 3.05) is 13.7 Å². The minimum atomic E-state index is 0.332. The molecule has 96 valence electrons. The molecule has 4 heteroatoms. The molecule has 0 spiro atoms. The molecule has 1 rings (SSSR count). The molecule has 3 N–H and O–H groups in total. The summed E-state index contributed by atoms with van der Waals surface area (Å²) in [7, 11) is 1.73. The zero-order valence-corrected chi connectivity index (χ0v) is 10.7. The van der Waals surface area contributed by atoms with Gasteiger partial charge >= 0.3 is 0 Å². The quantitative estimate of drug-likeness (QED) is 0.531. The van der Waals surface area contributed by atoms with Gasteiger partial charge in [0.2, 0.25) is 0 Å². The number of hydrogen-bond donors (Lipinski definition) is 2. The van der Waals surface area contributed by atoms with Crippen LogP contribution < -0.4 is 11.3 Å². The Morgan fingerprint density at radius 3 is 2.65 bits per heavy atom. The molecule has 4 nitrogen and oxygen atoms in total. The fourth-order valence-electron chi connectivity index (χ4n) is 1.91. The summed E-state index contributed by atoms with van der Waals surface area (Å²) in [6, 6.07) is 4.43. The first-order chi connectivity index (χ1) is 8.27. The number of nitrogens with two attached hydrogens (primary N) is 1. The van der Waals surface area contributed by atoms with Crippen LogP contribution in [0.1, 0.15) is 25.3 Å². The smallest absolute Gasteiger partial charge is 0.0465 e. The molecule has 1 aromatic rings. The third-order valence-electron chi connectivity index (χ3n) is 3.17. The summed E-state index contributed by atoms with van der Waals surface area (Å²) in [4.78, 5) is 4.01. The van der Waals surface area contributed by atoms with Crippen molar-refractivity contribution in [1.82, 2.24) is 10.4 Å². The fraction of sp³-hybridized carbons (Fsp3) is 0.615. The highest BCUT2D eigenvalue weighted by atomic mass is 16.5. The average molecular weight is 237 g/mol. The van der Waals surface area contributed by atoms with Gasteiger partial charge < -0.3 is 4.74 Å². The van der Waals surface area contributed by atoms with Crippen LogP contribution in [-0.2, 0) is 11.2 Å². The van der Waals surface area contributed by atoms with Crippen molar-refractivity contribution in [2.45, 2.75) is 32.2 Å². The third kappa shape index (κ3) is 5.26. The summed E-state index contributed by atoms with van der Waals surface area (Å²) >= 11 is 0. The van der Waals surface area contributed by atoms with Crippen molar-refractivity contribution >= 4 is 0 Å². The van der Waals surface area contributed by atoms with E-state index in [9.17, 15) is 0 Å². The number of hydrazine groups is 1. The van der Waals surface area contributed by atoms with E-state index in [1.807, 2.05) is 24.5 Å². The number of nitrogens with one attached hydrogen (secondary N) is 1. The molecule has 0 aliphatic carbocycles. The van der Waals surface area contributed by atoms with Crippen molar-refractivity contribution in [3.05, 3.63) is 30.1 Å². The maximum absolute atomic E-state index is 5.61. The lowest BCUT2D eigenvalue weighted by Gasteiger charge is -2.23. The Balaban J connectivity index is 2.36. The maximum atomic E-state index is 5.61. The number of ether oxygens (including phenoxy) is 1. The molecular weight excluding hydrogens is 214 g/mol. The first kappa shape index (κ1) is 14.1. The van der Waals surface area contributed by atoms with E-state index in [0.29, 0.717) is 12.0 Å². The molecule has 2 atom stereocenters. The van der Waals surface area contributed by atoms with Crippen LogP contribution in [0.4, 0.5) is 0 Å². The van der Waals surface area contributed by atoms with Gasteiger partial charge in [0.25, 0.3) is 0 Å². The highest BCUT2D eigenvalue weighted by Gasteiger charge is 2.15. The molecule has 2 unspecified atom stereocenters. The first-order valence-electron chi connectivity index (χ1n) is 6.12. The van der Waals surface area contributed by atoms with Crippen molar-refractivity contribution in [3.63, 3.8) is 0 Å². The van der Waals surface area contributed by atoms with Crippen LogP contribution in [0, 0.1) is 5.92 Å². The number of methoxy groups -OCH3 is 1. The maximum Gasteiger partial charge on any atom is 0.0465 e. The predicted molar refractivity (Wildman–Crippen MR) is 69.3 cm³/mol. The van der Waals surface area contributed by atoms with Crippen molar-refractivity contribution in [2.24, 2.45) is 11.8 Å². The molecule has 0 radical (unpaired) electrons. The van der Waals surface area contributed by atoms with E-state index in [4.69, 9.17) is 10.6 Å². The molecule has 0 bridgehead atoms. The summed E-state index contributed by atoms with van der Waals surface area (Å²) in [6.45, 7) is 2.99. The molecule has 1 heterocycles. The minimum absolute atomic E-state index is 0.332. The van der Waals surface area contributed by atoms with E-state index in [1.165, 1.54) is 5.56 Å². The summed E-state index contributed by atoms with van der Waals surface area (Å²) in [5.41, 5.74) is 4.21. The zero-order chi connectivity index (χ0) is 12.5. The van der Waals surface area contributed by atoms with E-state index >= 15 is 0 Å². The molecule has 0 aliphatic rings. The van der Waals surface area contributed by atoms with Gasteiger partial charge in [0.15, 0.2) is 0 Å². The lowest BCUT2D eigenvalue weighted by Crippen LogP contribution is -2.40. The van der Waals surface area contributed by atoms with Gasteiger partial charge in [0, 0.05) is 32.2 Å². The van der Waals surface area contributed by atoms with E-state index < -0.39 is 0 Å². The Hall–Kier alpha value is -0.970. The van der Waals surface area contributed by atoms with E-state index in [1.54, 1.807) is 7.11 Å². The number of aromatic nitrogens is 1. The monoisotopic (exact) mass is 237 g/mol. The van der Waals surface area contributed by atoms with Gasteiger partial charge in [-0.15, -0.1) is 0 Å². The van der Waals surface area contributed by atoms with Crippen molar-refractivity contribution in [3.8, 4) is 0 Å². The Morgan fingerprint density at radius 1 is 1.35 bits per heavy atom. The van der Waals surface area contributed by atoms with Crippen molar-refractivity contribution in [1.29, 1.82) is 0 Å². The van der Waals surface area contributed by atoms with Gasteiger partial charge in [0.05, 0.1) is 0 Å². The molecule has 0 aromatic carbocycles. The number of nitrogens with zero attached hydrogens (tertiary/aromatic N) is 1. The molecule has 1 aromatic heterocycles. The summed E-state index contributed by atoms with van der Waals surface area (Å²) in [5.74, 6) is 6.12. The lowest BCUT2D eigenvalue weighted by atomic mass is 9.94. The van der Waals surface area contributed by atoms with Crippen molar-refractivity contribution < 1.29 is 4.74 Å². The predicted octanol–water partition coefficient (Wildman–Crippen LogP) is 1.52. The molecular formula is C13H23N3O. The minimum Gasteiger partial charge on any atom is -0.385 e. The van der Waals surface area contributed by atoms with Gasteiger partial charge in [-0.2, -0.15) is 0 Å². The molecule has 0 fully saturated rings. The lowest BCUT2D eigenvalue weighted by molar-refractivity contribution is 0.168. The van der Waals surface area contributed by atoms with Crippen LogP contribution in [0.5, 0.6) is 0 Å². The van der Waals surface area contributed by atoms with Gasteiger partial charge in [-0.1, -0.05) is 6.92 Å². The summed E-state index contributed by atoms with van der Waals surface area (Å²) in [6.07, 6.45) is 6.74. The number of aryl methyl sites for hydroxylation is 1. The van der Waals surface area contributed by atoms with Crippen LogP contribution >= 0.6 is 0 Å². The Labute approximate surface area is 104 Å². The average Bonchev–Trinajstić information content (AvgIpc) is 2.38. The second kappa shape index (κ2) is 8.17. The molecule has 0 aliphatic heterocycles. The summed E-state index contributed by atoms with van der Waals surface area (Å²) in [5, 5.41) is 0. The van der Waals surface area contributed by atoms with Crippen LogP contribution in [-0.4, -0.2) is 24.7 Å². The summed E-state index contributed by atoms with van der Waals surface area (Å²) < 4.78 is 5.09. The van der Waals surface area contributed by atoms with Gasteiger partial charge in [0.1, 0.15) is 0 Å². The first-order valence-corrected chi connectivity index (χ1v) is 6.12. The Bertz CT molecular complexity index is 292. The van der Waals surface area contributed by atoms with Crippen LogP contribution in [0.25, 0.3) is 0 Å². The number of hydrogen-bond acceptors (Lipinski definition) is 4. The third-order valence-corrected chi connectivity index (χ3v) is 3.17. The standard InChI is InChI=1S/C13H23N3O/c1-11(7-10-17-2)13(16-14)4-3-12-5-8-15-9-6-12/h5-6,8-9,11,13,16H,3-4,7,10,14H2,1-2H3. The topological polar surface area (TPSA) is 60.2 Å². The van der Waals surface area contributed by atoms with Crippen LogP contribution in [0.2, 0.25) is 0 Å². The SMILES string of the molecule is COCCC(C)C(CCc1ccncc1)NN. The zero-order valence-electron chi connectivity index (χ0n) is 10.7. The molecule has 0 amide bonds. The fourth-order valence-corrected chi connectivity index (χ4v) is 1.91. The molecule has 17 heavy (non-hydrogen) atoms. The highest BCUT2D eigenvalue weighted by molar-refractivity contribution is 5.09. The van der Waals surface area contributed by atoms with E-state index in [2.05, 4.69) is 17.3 Å². The normalized spacial score (nSPS) is 14.5. The second-order valence-electron chi connectivity index (χ2n) is 4.43. The van der Waals surface area contributed by atoms with Crippen LogP contribution in [0.15, 0.2) is 24.5 Å². The highest BCUT2D eigenvalue weighted by Crippen LogP contribution is 2.13. The van der Waals surface area contributed by atoms with Gasteiger partial charge in [-0.25, -0.2) is 0 Å². The Kier molecular flexibility index (Phi) is 6.77. The largest absolute Gasteiger partial charge is 0.385 e. The molecule has 0 saturated heterocycles. The second-order valence-corrected chi connectivity index (χ2v) is 4.43. The van der Waals surface area contributed by atoms with E-state index in [-0.39, 0.29) is 0 Å². The number of pyridine rings is 1. The van der Waals surface area contributed by atoms with E-state index in [0.717, 1.165) is 25.9 Å². The molecule has 0 saturated carbocycles. The van der Waals surface area contributed by atoms with Gasteiger partial charge in [-0.05, 0) is 42.9 Å². The van der Waals surface area contributed by atoms with Crippen LogP contribution in [0.3, 0.4) is 0 Å².